The molecule has 22 heavy (non-hydrogen) atoms. The fraction of sp³-hybridized carbons (Fsp3) is 0.250. The van der Waals surface area contributed by atoms with E-state index in [2.05, 4.69) is 73.3 Å². The molecule has 0 unspecified atom stereocenters. The van der Waals surface area contributed by atoms with Gasteiger partial charge in [-0.15, -0.1) is 21.5 Å². The van der Waals surface area contributed by atoms with E-state index in [9.17, 15) is 0 Å². The Bertz CT molecular complexity index is 738. The van der Waals surface area contributed by atoms with E-state index in [0.29, 0.717) is 0 Å². The highest BCUT2D eigenvalue weighted by Gasteiger charge is 2.12. The molecule has 0 bridgehead atoms. The average Bonchev–Trinajstić information content (AvgIpc) is 3.15. The Balaban J connectivity index is 1.72. The molecule has 0 saturated carbocycles. The number of rotatable bonds is 6. The Morgan fingerprint density at radius 1 is 1.23 bits per heavy atom. The molecule has 0 spiro atoms. The van der Waals surface area contributed by atoms with E-state index in [4.69, 9.17) is 0 Å². The molecule has 0 amide bonds. The van der Waals surface area contributed by atoms with Crippen molar-refractivity contribution in [3.63, 3.8) is 0 Å². The molecule has 0 N–H and O–H groups in total. The number of hydrogen-bond donors (Lipinski definition) is 0. The van der Waals surface area contributed by atoms with Crippen LogP contribution in [0.5, 0.6) is 0 Å². The van der Waals surface area contributed by atoms with E-state index in [1.807, 2.05) is 6.07 Å². The molecule has 6 heteroatoms. The Hall–Kier alpha value is -1.11. The highest BCUT2D eigenvalue weighted by Crippen LogP contribution is 2.24. The SMILES string of the molecule is CCn1c(Cc2cccs2)nnc1SCc1cccc(Br)c1. The monoisotopic (exact) mass is 393 g/mol. The molecule has 0 aliphatic rings. The van der Waals surface area contributed by atoms with E-state index in [0.717, 1.165) is 34.2 Å². The molecule has 0 atom stereocenters. The molecular formula is C16H16BrN3S2. The molecule has 1 aromatic carbocycles. The van der Waals surface area contributed by atoms with Gasteiger partial charge >= 0.3 is 0 Å². The third kappa shape index (κ3) is 3.80. The van der Waals surface area contributed by atoms with Gasteiger partial charge in [0.1, 0.15) is 5.82 Å². The van der Waals surface area contributed by atoms with Crippen molar-refractivity contribution in [2.24, 2.45) is 0 Å². The van der Waals surface area contributed by atoms with Crippen LogP contribution in [0.2, 0.25) is 0 Å². The first-order valence-electron chi connectivity index (χ1n) is 7.08. The van der Waals surface area contributed by atoms with Gasteiger partial charge < -0.3 is 4.57 Å². The van der Waals surface area contributed by atoms with Crippen molar-refractivity contribution in [2.45, 2.75) is 30.8 Å². The molecule has 3 nitrogen and oxygen atoms in total. The van der Waals surface area contributed by atoms with Crippen LogP contribution in [0.25, 0.3) is 0 Å². The zero-order valence-corrected chi connectivity index (χ0v) is 15.4. The second kappa shape index (κ2) is 7.44. The van der Waals surface area contributed by atoms with Gasteiger partial charge in [-0.3, -0.25) is 0 Å². The number of hydrogen-bond acceptors (Lipinski definition) is 4. The maximum Gasteiger partial charge on any atom is 0.191 e. The summed E-state index contributed by atoms with van der Waals surface area (Å²) < 4.78 is 3.32. The number of aromatic nitrogens is 3. The lowest BCUT2D eigenvalue weighted by atomic mass is 10.2. The summed E-state index contributed by atoms with van der Waals surface area (Å²) >= 11 is 7.02. The predicted octanol–water partition coefficient (Wildman–Crippen LogP) is 5.01. The van der Waals surface area contributed by atoms with Crippen LogP contribution in [-0.2, 0) is 18.7 Å². The summed E-state index contributed by atoms with van der Waals surface area (Å²) in [5.74, 6) is 1.94. The highest BCUT2D eigenvalue weighted by atomic mass is 79.9. The normalized spacial score (nSPS) is 11.0. The highest BCUT2D eigenvalue weighted by molar-refractivity contribution is 9.10. The van der Waals surface area contributed by atoms with Gasteiger partial charge in [0.15, 0.2) is 5.16 Å². The average molecular weight is 394 g/mol. The third-order valence-electron chi connectivity index (χ3n) is 3.28. The minimum atomic E-state index is 0.857. The second-order valence-electron chi connectivity index (χ2n) is 4.82. The van der Waals surface area contributed by atoms with Crippen molar-refractivity contribution in [2.75, 3.05) is 0 Å². The van der Waals surface area contributed by atoms with Gasteiger partial charge in [0.25, 0.3) is 0 Å². The van der Waals surface area contributed by atoms with Gasteiger partial charge in [0.2, 0.25) is 0 Å². The molecule has 2 heterocycles. The zero-order chi connectivity index (χ0) is 15.4. The first-order valence-corrected chi connectivity index (χ1v) is 9.73. The van der Waals surface area contributed by atoms with Gasteiger partial charge in [0.05, 0.1) is 0 Å². The topological polar surface area (TPSA) is 30.7 Å². The van der Waals surface area contributed by atoms with Gasteiger partial charge in [-0.1, -0.05) is 45.9 Å². The Labute approximate surface area is 146 Å². The molecule has 2 aromatic heterocycles. The molecule has 0 aliphatic carbocycles. The van der Waals surface area contributed by atoms with Crippen molar-refractivity contribution in [1.82, 2.24) is 14.8 Å². The van der Waals surface area contributed by atoms with Crippen LogP contribution in [0, 0.1) is 0 Å². The van der Waals surface area contributed by atoms with Crippen molar-refractivity contribution in [3.8, 4) is 0 Å². The van der Waals surface area contributed by atoms with E-state index >= 15 is 0 Å². The molecule has 0 aliphatic heterocycles. The smallest absolute Gasteiger partial charge is 0.191 e. The molecule has 3 aromatic rings. The van der Waals surface area contributed by atoms with E-state index in [1.165, 1.54) is 10.4 Å². The number of thiophene rings is 1. The molecule has 3 rings (SSSR count). The summed E-state index contributed by atoms with van der Waals surface area (Å²) in [4.78, 5) is 1.32. The fourth-order valence-corrected chi connectivity index (χ4v) is 4.33. The first kappa shape index (κ1) is 15.8. The fourth-order valence-electron chi connectivity index (χ4n) is 2.22. The lowest BCUT2D eigenvalue weighted by Crippen LogP contribution is -2.03. The second-order valence-corrected chi connectivity index (χ2v) is 7.71. The van der Waals surface area contributed by atoms with Crippen LogP contribution in [0.15, 0.2) is 51.4 Å². The third-order valence-corrected chi connectivity index (χ3v) is 5.69. The number of benzene rings is 1. The lowest BCUT2D eigenvalue weighted by molar-refractivity contribution is 0.652. The number of halogens is 1. The Kier molecular flexibility index (Phi) is 5.33. The van der Waals surface area contributed by atoms with Crippen LogP contribution in [0.4, 0.5) is 0 Å². The van der Waals surface area contributed by atoms with Gasteiger partial charge in [-0.05, 0) is 36.1 Å². The summed E-state index contributed by atoms with van der Waals surface area (Å²) in [5, 5.41) is 11.9. The van der Waals surface area contributed by atoms with E-state index < -0.39 is 0 Å². The largest absolute Gasteiger partial charge is 0.306 e. The minimum absolute atomic E-state index is 0.857. The van der Waals surface area contributed by atoms with Gasteiger partial charge in [-0.2, -0.15) is 0 Å². The number of thioether (sulfide) groups is 1. The Morgan fingerprint density at radius 3 is 2.86 bits per heavy atom. The standard InChI is InChI=1S/C16H16BrN3S2/c1-2-20-15(10-14-7-4-8-21-14)18-19-16(20)22-11-12-5-3-6-13(17)9-12/h3-9H,2,10-11H2,1H3. The Morgan fingerprint density at radius 2 is 2.14 bits per heavy atom. The first-order chi connectivity index (χ1) is 10.8. The summed E-state index contributed by atoms with van der Waals surface area (Å²) in [5.41, 5.74) is 1.28. The van der Waals surface area contributed by atoms with Crippen LogP contribution >= 0.6 is 39.0 Å². The van der Waals surface area contributed by atoms with Gasteiger partial charge in [0, 0.05) is 28.1 Å². The summed E-state index contributed by atoms with van der Waals surface area (Å²) in [7, 11) is 0. The predicted molar refractivity (Wildman–Crippen MR) is 96.5 cm³/mol. The molecule has 0 saturated heterocycles. The maximum atomic E-state index is 4.38. The number of nitrogens with zero attached hydrogens (tertiary/aromatic N) is 3. The molecule has 0 radical (unpaired) electrons. The van der Waals surface area contributed by atoms with E-state index in [1.54, 1.807) is 23.1 Å². The van der Waals surface area contributed by atoms with Crippen molar-refractivity contribution >= 4 is 39.0 Å². The lowest BCUT2D eigenvalue weighted by Gasteiger charge is -2.07. The molecule has 0 fully saturated rings. The minimum Gasteiger partial charge on any atom is -0.306 e. The van der Waals surface area contributed by atoms with Crippen LogP contribution < -0.4 is 0 Å². The van der Waals surface area contributed by atoms with Crippen LogP contribution in [-0.4, -0.2) is 14.8 Å². The zero-order valence-electron chi connectivity index (χ0n) is 12.2. The maximum absolute atomic E-state index is 4.38. The summed E-state index contributed by atoms with van der Waals surface area (Å²) in [6, 6.07) is 12.6. The van der Waals surface area contributed by atoms with Crippen molar-refractivity contribution in [1.29, 1.82) is 0 Å². The van der Waals surface area contributed by atoms with Crippen molar-refractivity contribution in [3.05, 3.63) is 62.5 Å². The molecule has 114 valence electrons. The summed E-state index contributed by atoms with van der Waals surface area (Å²) in [6.45, 7) is 3.04. The van der Waals surface area contributed by atoms with Crippen LogP contribution in [0.3, 0.4) is 0 Å². The van der Waals surface area contributed by atoms with E-state index in [-0.39, 0.29) is 0 Å². The molecular weight excluding hydrogens is 378 g/mol. The van der Waals surface area contributed by atoms with Gasteiger partial charge in [-0.25, -0.2) is 0 Å². The van der Waals surface area contributed by atoms with Crippen molar-refractivity contribution < 1.29 is 0 Å². The summed E-state index contributed by atoms with van der Waals surface area (Å²) in [6.07, 6.45) is 0.857. The van der Waals surface area contributed by atoms with Crippen LogP contribution in [0.1, 0.15) is 23.2 Å². The quantitative estimate of drug-likeness (QED) is 0.551.